The Hall–Kier alpha value is -2.87. The molecule has 0 amide bonds. The van der Waals surface area contributed by atoms with E-state index in [0.717, 1.165) is 10.7 Å². The number of aromatic nitrogens is 3. The highest BCUT2D eigenvalue weighted by molar-refractivity contribution is 7.13. The van der Waals surface area contributed by atoms with Gasteiger partial charge in [0, 0.05) is 23.7 Å². The third-order valence-electron chi connectivity index (χ3n) is 2.95. The molecule has 0 aliphatic rings. The quantitative estimate of drug-likeness (QED) is 0.544. The summed E-state index contributed by atoms with van der Waals surface area (Å²) in [5.41, 5.74) is 0.983. The molecule has 0 spiro atoms. The van der Waals surface area contributed by atoms with Crippen molar-refractivity contribution >= 4 is 17.0 Å². The minimum Gasteiger partial charge on any atom is -0.303 e. The van der Waals surface area contributed by atoms with E-state index in [1.54, 1.807) is 6.20 Å². The predicted octanol–water partition coefficient (Wildman–Crippen LogP) is 2.32. The van der Waals surface area contributed by atoms with E-state index in [-0.39, 0.29) is 17.8 Å². The summed E-state index contributed by atoms with van der Waals surface area (Å²) in [4.78, 5) is 30.7. The monoisotopic (exact) mass is 314 g/mol. The summed E-state index contributed by atoms with van der Waals surface area (Å²) in [5, 5.41) is 13.3. The molecule has 0 saturated carbocycles. The molecule has 3 aromatic heterocycles. The van der Waals surface area contributed by atoms with Crippen LogP contribution in [-0.2, 0) is 6.54 Å². The lowest BCUT2D eigenvalue weighted by atomic mass is 10.3. The van der Waals surface area contributed by atoms with Gasteiger partial charge in [0.1, 0.15) is 5.01 Å². The summed E-state index contributed by atoms with van der Waals surface area (Å²) in [5.74, 6) is 0. The lowest BCUT2D eigenvalue weighted by Gasteiger charge is -2.02. The van der Waals surface area contributed by atoms with E-state index >= 15 is 0 Å². The Bertz CT molecular complexity index is 873. The first-order chi connectivity index (χ1) is 10.6. The number of nitrogens with zero attached hydrogens (tertiary/aromatic N) is 4. The Morgan fingerprint density at radius 2 is 2.14 bits per heavy atom. The summed E-state index contributed by atoms with van der Waals surface area (Å²) in [7, 11) is 0. The van der Waals surface area contributed by atoms with Crippen LogP contribution in [-0.4, -0.2) is 19.5 Å². The fourth-order valence-electron chi connectivity index (χ4n) is 1.91. The molecule has 0 saturated heterocycles. The van der Waals surface area contributed by atoms with Crippen LogP contribution < -0.4 is 5.56 Å². The number of thiazole rings is 1. The highest BCUT2D eigenvalue weighted by Gasteiger charge is 2.10. The molecular formula is C14H10N4O3S. The van der Waals surface area contributed by atoms with Gasteiger partial charge in [-0.05, 0) is 12.1 Å². The van der Waals surface area contributed by atoms with E-state index in [2.05, 4.69) is 9.97 Å². The largest absolute Gasteiger partial charge is 0.303 e. The molecule has 0 aromatic carbocycles. The fraction of sp³-hybridized carbons (Fsp3) is 0.0714. The highest BCUT2D eigenvalue weighted by atomic mass is 32.1. The number of hydrogen-bond donors (Lipinski definition) is 0. The van der Waals surface area contributed by atoms with Crippen molar-refractivity contribution in [1.82, 2.24) is 14.5 Å². The molecule has 110 valence electrons. The molecule has 0 radical (unpaired) electrons. The Morgan fingerprint density at radius 3 is 2.86 bits per heavy atom. The first-order valence-corrected chi connectivity index (χ1v) is 7.22. The fourth-order valence-corrected chi connectivity index (χ4v) is 2.70. The van der Waals surface area contributed by atoms with Crippen LogP contribution in [0.5, 0.6) is 0 Å². The van der Waals surface area contributed by atoms with Crippen molar-refractivity contribution in [3.8, 4) is 10.7 Å². The minimum atomic E-state index is -0.531. The zero-order valence-corrected chi connectivity index (χ0v) is 12.1. The molecule has 0 fully saturated rings. The van der Waals surface area contributed by atoms with Crippen molar-refractivity contribution in [3.05, 3.63) is 74.3 Å². The van der Waals surface area contributed by atoms with Crippen molar-refractivity contribution in [3.63, 3.8) is 0 Å². The zero-order chi connectivity index (χ0) is 15.5. The second kappa shape index (κ2) is 5.86. The van der Waals surface area contributed by atoms with Crippen molar-refractivity contribution in [2.24, 2.45) is 0 Å². The van der Waals surface area contributed by atoms with Crippen LogP contribution in [0.3, 0.4) is 0 Å². The van der Waals surface area contributed by atoms with E-state index in [0.29, 0.717) is 5.69 Å². The van der Waals surface area contributed by atoms with Crippen molar-refractivity contribution in [1.29, 1.82) is 0 Å². The maximum absolute atomic E-state index is 11.8. The summed E-state index contributed by atoms with van der Waals surface area (Å²) in [6, 6.07) is 7.92. The zero-order valence-electron chi connectivity index (χ0n) is 11.2. The van der Waals surface area contributed by atoms with Gasteiger partial charge in [-0.15, -0.1) is 11.3 Å². The van der Waals surface area contributed by atoms with Gasteiger partial charge in [-0.2, -0.15) is 0 Å². The van der Waals surface area contributed by atoms with Crippen LogP contribution in [0.15, 0.2) is 52.9 Å². The first kappa shape index (κ1) is 14.1. The van der Waals surface area contributed by atoms with Crippen LogP contribution in [0.1, 0.15) is 5.69 Å². The van der Waals surface area contributed by atoms with Crippen LogP contribution in [0, 0.1) is 10.1 Å². The molecule has 0 bridgehead atoms. The third-order valence-corrected chi connectivity index (χ3v) is 3.86. The van der Waals surface area contributed by atoms with Gasteiger partial charge in [0.25, 0.3) is 11.2 Å². The smallest absolute Gasteiger partial charge is 0.285 e. The van der Waals surface area contributed by atoms with Crippen molar-refractivity contribution in [2.45, 2.75) is 6.54 Å². The molecule has 0 aliphatic heterocycles. The second-order valence-electron chi connectivity index (χ2n) is 4.47. The Labute approximate surface area is 128 Å². The van der Waals surface area contributed by atoms with Crippen LogP contribution in [0.4, 0.5) is 5.69 Å². The lowest BCUT2D eigenvalue weighted by molar-refractivity contribution is -0.385. The summed E-state index contributed by atoms with van der Waals surface area (Å²) in [6.45, 7) is 0.184. The molecule has 0 atom stereocenters. The molecule has 3 rings (SSSR count). The van der Waals surface area contributed by atoms with E-state index < -0.39 is 4.92 Å². The average molecular weight is 314 g/mol. The Morgan fingerprint density at radius 1 is 1.27 bits per heavy atom. The van der Waals surface area contributed by atoms with Gasteiger partial charge in [0.15, 0.2) is 0 Å². The van der Waals surface area contributed by atoms with Gasteiger partial charge in [-0.3, -0.25) is 19.9 Å². The van der Waals surface area contributed by atoms with Gasteiger partial charge in [0.05, 0.1) is 29.1 Å². The van der Waals surface area contributed by atoms with E-state index in [9.17, 15) is 14.9 Å². The Kier molecular flexibility index (Phi) is 3.75. The molecular weight excluding hydrogens is 304 g/mol. The number of hydrogen-bond acceptors (Lipinski definition) is 6. The van der Waals surface area contributed by atoms with E-state index in [1.165, 1.54) is 34.2 Å². The summed E-state index contributed by atoms with van der Waals surface area (Å²) in [6.07, 6.45) is 2.91. The molecule has 3 aromatic rings. The van der Waals surface area contributed by atoms with Gasteiger partial charge < -0.3 is 4.57 Å². The van der Waals surface area contributed by atoms with Gasteiger partial charge >= 0.3 is 0 Å². The minimum absolute atomic E-state index is 0.125. The second-order valence-corrected chi connectivity index (χ2v) is 5.33. The predicted molar refractivity (Wildman–Crippen MR) is 81.8 cm³/mol. The van der Waals surface area contributed by atoms with Gasteiger partial charge in [-0.1, -0.05) is 6.07 Å². The maximum atomic E-state index is 11.8. The van der Waals surface area contributed by atoms with E-state index in [4.69, 9.17) is 0 Å². The SMILES string of the molecule is O=c1ccc([N+](=O)[O-])cn1Cc1csc(-c2ccccn2)n1. The van der Waals surface area contributed by atoms with Crippen LogP contribution in [0.2, 0.25) is 0 Å². The standard InChI is InChI=1S/C14H10N4O3S/c19-13-5-4-11(18(20)21)8-17(13)7-10-9-22-14(16-10)12-3-1-2-6-15-12/h1-6,8-9H,7H2. The molecule has 3 heterocycles. The van der Waals surface area contributed by atoms with Crippen molar-refractivity contribution in [2.75, 3.05) is 0 Å². The molecule has 0 unspecified atom stereocenters. The lowest BCUT2D eigenvalue weighted by Crippen LogP contribution is -2.19. The molecule has 22 heavy (non-hydrogen) atoms. The third kappa shape index (κ3) is 2.91. The normalized spacial score (nSPS) is 10.5. The summed E-state index contributed by atoms with van der Waals surface area (Å²) < 4.78 is 1.27. The van der Waals surface area contributed by atoms with Crippen LogP contribution in [0.25, 0.3) is 10.7 Å². The highest BCUT2D eigenvalue weighted by Crippen LogP contribution is 2.21. The van der Waals surface area contributed by atoms with E-state index in [1.807, 2.05) is 23.6 Å². The summed E-state index contributed by atoms with van der Waals surface area (Å²) >= 11 is 1.42. The molecule has 0 aliphatic carbocycles. The first-order valence-electron chi connectivity index (χ1n) is 6.34. The van der Waals surface area contributed by atoms with Crippen molar-refractivity contribution < 1.29 is 4.92 Å². The van der Waals surface area contributed by atoms with Gasteiger partial charge in [-0.25, -0.2) is 4.98 Å². The van der Waals surface area contributed by atoms with Crippen LogP contribution >= 0.6 is 11.3 Å². The average Bonchev–Trinajstić information content (AvgIpc) is 2.99. The Balaban J connectivity index is 1.88. The molecule has 8 heteroatoms. The van der Waals surface area contributed by atoms with Gasteiger partial charge in [0.2, 0.25) is 0 Å². The number of nitro groups is 1. The topological polar surface area (TPSA) is 90.9 Å². The maximum Gasteiger partial charge on any atom is 0.285 e. The number of rotatable bonds is 4. The molecule has 0 N–H and O–H groups in total. The number of pyridine rings is 2. The molecule has 7 nitrogen and oxygen atoms in total.